The van der Waals surface area contributed by atoms with Gasteiger partial charge in [-0.1, -0.05) is 12.1 Å². The number of hydrogen-bond acceptors (Lipinski definition) is 1. The molecule has 0 spiro atoms. The van der Waals surface area contributed by atoms with Gasteiger partial charge in [-0.05, 0) is 37.8 Å². The first-order chi connectivity index (χ1) is 9.20. The highest BCUT2D eigenvalue weighted by Crippen LogP contribution is 2.18. The molecular formula is C14H19F2N3. The third-order valence-corrected chi connectivity index (χ3v) is 2.95. The predicted molar refractivity (Wildman–Crippen MR) is 72.2 cm³/mol. The van der Waals surface area contributed by atoms with Gasteiger partial charge in [0.15, 0.2) is 17.6 Å². The van der Waals surface area contributed by atoms with Crippen molar-refractivity contribution in [3.05, 3.63) is 35.4 Å². The fourth-order valence-electron chi connectivity index (χ4n) is 1.77. The van der Waals surface area contributed by atoms with Gasteiger partial charge in [0, 0.05) is 19.1 Å². The van der Waals surface area contributed by atoms with Crippen molar-refractivity contribution < 1.29 is 8.78 Å². The van der Waals surface area contributed by atoms with Gasteiger partial charge in [0.1, 0.15) is 0 Å². The highest BCUT2D eigenvalue weighted by atomic mass is 19.2. The molecule has 0 amide bonds. The highest BCUT2D eigenvalue weighted by molar-refractivity contribution is 5.80. The maximum absolute atomic E-state index is 13.4. The van der Waals surface area contributed by atoms with Crippen molar-refractivity contribution >= 4 is 5.96 Å². The van der Waals surface area contributed by atoms with E-state index in [9.17, 15) is 8.78 Å². The van der Waals surface area contributed by atoms with Gasteiger partial charge in [-0.25, -0.2) is 8.78 Å². The molecule has 1 fully saturated rings. The molecule has 0 aromatic heterocycles. The van der Waals surface area contributed by atoms with Crippen LogP contribution in [0.15, 0.2) is 23.2 Å². The van der Waals surface area contributed by atoms with Crippen LogP contribution in [0.4, 0.5) is 8.78 Å². The SMILES string of the molecule is CCNC(=NCCc1cccc(F)c1F)NC1CC1. The van der Waals surface area contributed by atoms with Gasteiger partial charge in [-0.15, -0.1) is 0 Å². The molecule has 0 atom stereocenters. The van der Waals surface area contributed by atoms with Gasteiger partial charge in [0.2, 0.25) is 0 Å². The average Bonchev–Trinajstić information content (AvgIpc) is 3.19. The van der Waals surface area contributed by atoms with Crippen molar-refractivity contribution in [3.63, 3.8) is 0 Å². The lowest BCUT2D eigenvalue weighted by molar-refractivity contribution is 0.499. The minimum absolute atomic E-state index is 0.367. The Labute approximate surface area is 112 Å². The van der Waals surface area contributed by atoms with Gasteiger partial charge in [0.05, 0.1) is 0 Å². The molecule has 3 nitrogen and oxygen atoms in total. The number of rotatable bonds is 5. The van der Waals surface area contributed by atoms with Gasteiger partial charge in [0.25, 0.3) is 0 Å². The van der Waals surface area contributed by atoms with E-state index < -0.39 is 11.6 Å². The minimum atomic E-state index is -0.801. The van der Waals surface area contributed by atoms with Gasteiger partial charge >= 0.3 is 0 Å². The van der Waals surface area contributed by atoms with E-state index in [-0.39, 0.29) is 0 Å². The maximum atomic E-state index is 13.4. The number of hydrogen-bond donors (Lipinski definition) is 2. The lowest BCUT2D eigenvalue weighted by Crippen LogP contribution is -2.38. The molecule has 0 saturated heterocycles. The van der Waals surface area contributed by atoms with Crippen LogP contribution in [0.1, 0.15) is 25.3 Å². The molecular weight excluding hydrogens is 248 g/mol. The summed E-state index contributed by atoms with van der Waals surface area (Å²) in [4.78, 5) is 4.36. The smallest absolute Gasteiger partial charge is 0.191 e. The number of guanidine groups is 1. The second-order valence-electron chi connectivity index (χ2n) is 4.64. The molecule has 2 rings (SSSR count). The summed E-state index contributed by atoms with van der Waals surface area (Å²) in [6.07, 6.45) is 2.73. The zero-order valence-electron chi connectivity index (χ0n) is 11.0. The predicted octanol–water partition coefficient (Wildman–Crippen LogP) is 2.22. The highest BCUT2D eigenvalue weighted by Gasteiger charge is 2.21. The van der Waals surface area contributed by atoms with Crippen molar-refractivity contribution in [1.29, 1.82) is 0 Å². The standard InChI is InChI=1S/C14H19F2N3/c1-2-17-14(19-11-6-7-11)18-9-8-10-4-3-5-12(15)13(10)16/h3-5,11H,2,6-9H2,1H3,(H2,17,18,19). The molecule has 1 saturated carbocycles. The summed E-state index contributed by atoms with van der Waals surface area (Å²) < 4.78 is 26.5. The van der Waals surface area contributed by atoms with Crippen molar-refractivity contribution in [3.8, 4) is 0 Å². The largest absolute Gasteiger partial charge is 0.357 e. The Balaban J connectivity index is 1.90. The van der Waals surface area contributed by atoms with Gasteiger partial charge in [-0.2, -0.15) is 0 Å². The van der Waals surface area contributed by atoms with Crippen LogP contribution in [-0.2, 0) is 6.42 Å². The summed E-state index contributed by atoms with van der Waals surface area (Å²) in [6.45, 7) is 3.21. The number of halogens is 2. The van der Waals surface area contributed by atoms with Crippen molar-refractivity contribution in [1.82, 2.24) is 10.6 Å². The van der Waals surface area contributed by atoms with E-state index in [1.165, 1.54) is 18.9 Å². The molecule has 0 radical (unpaired) electrons. The Morgan fingerprint density at radius 3 is 2.84 bits per heavy atom. The van der Waals surface area contributed by atoms with Crippen LogP contribution in [0.25, 0.3) is 0 Å². The molecule has 1 aromatic rings. The van der Waals surface area contributed by atoms with E-state index in [0.717, 1.165) is 18.6 Å². The second-order valence-corrected chi connectivity index (χ2v) is 4.64. The lowest BCUT2D eigenvalue weighted by atomic mass is 10.1. The zero-order chi connectivity index (χ0) is 13.7. The molecule has 104 valence electrons. The number of aliphatic imine (C=N–C) groups is 1. The quantitative estimate of drug-likeness (QED) is 0.634. The van der Waals surface area contributed by atoms with Crippen LogP contribution in [0, 0.1) is 11.6 Å². The fraction of sp³-hybridized carbons (Fsp3) is 0.500. The van der Waals surface area contributed by atoms with E-state index in [1.807, 2.05) is 6.92 Å². The Morgan fingerprint density at radius 1 is 1.37 bits per heavy atom. The molecule has 0 unspecified atom stereocenters. The van der Waals surface area contributed by atoms with Crippen molar-refractivity contribution in [2.24, 2.45) is 4.99 Å². The molecule has 19 heavy (non-hydrogen) atoms. The van der Waals surface area contributed by atoms with E-state index in [4.69, 9.17) is 0 Å². The Morgan fingerprint density at radius 2 is 2.16 bits per heavy atom. The summed E-state index contributed by atoms with van der Waals surface area (Å²) >= 11 is 0. The Hall–Kier alpha value is -1.65. The molecule has 0 bridgehead atoms. The molecule has 0 heterocycles. The topological polar surface area (TPSA) is 36.4 Å². The summed E-state index contributed by atoms with van der Waals surface area (Å²) in [7, 11) is 0. The Kier molecular flexibility index (Phi) is 4.71. The summed E-state index contributed by atoms with van der Waals surface area (Å²) in [6, 6.07) is 4.75. The maximum Gasteiger partial charge on any atom is 0.191 e. The van der Waals surface area contributed by atoms with Crippen LogP contribution in [0.5, 0.6) is 0 Å². The average molecular weight is 267 g/mol. The van der Waals surface area contributed by atoms with Crippen molar-refractivity contribution in [2.45, 2.75) is 32.2 Å². The second kappa shape index (κ2) is 6.50. The first kappa shape index (κ1) is 13.8. The molecule has 5 heteroatoms. The van der Waals surface area contributed by atoms with Gasteiger partial charge in [-0.3, -0.25) is 4.99 Å². The lowest BCUT2D eigenvalue weighted by Gasteiger charge is -2.10. The van der Waals surface area contributed by atoms with Crippen LogP contribution < -0.4 is 10.6 Å². The monoisotopic (exact) mass is 267 g/mol. The molecule has 0 aliphatic heterocycles. The van der Waals surface area contributed by atoms with E-state index >= 15 is 0 Å². The normalized spacial score (nSPS) is 15.4. The summed E-state index contributed by atoms with van der Waals surface area (Å²) in [5.74, 6) is -0.816. The van der Waals surface area contributed by atoms with E-state index in [1.54, 1.807) is 6.07 Å². The van der Waals surface area contributed by atoms with E-state index in [2.05, 4.69) is 15.6 Å². The van der Waals surface area contributed by atoms with Crippen LogP contribution in [0.3, 0.4) is 0 Å². The van der Waals surface area contributed by atoms with Crippen LogP contribution in [-0.4, -0.2) is 25.1 Å². The number of nitrogens with zero attached hydrogens (tertiary/aromatic N) is 1. The fourth-order valence-corrected chi connectivity index (χ4v) is 1.77. The van der Waals surface area contributed by atoms with E-state index in [0.29, 0.717) is 24.6 Å². The first-order valence-corrected chi connectivity index (χ1v) is 6.68. The molecule has 1 aromatic carbocycles. The van der Waals surface area contributed by atoms with Crippen LogP contribution in [0.2, 0.25) is 0 Å². The minimum Gasteiger partial charge on any atom is -0.357 e. The third-order valence-electron chi connectivity index (χ3n) is 2.95. The molecule has 1 aliphatic rings. The third kappa shape index (κ3) is 4.19. The molecule has 2 N–H and O–H groups in total. The van der Waals surface area contributed by atoms with Gasteiger partial charge < -0.3 is 10.6 Å². The number of nitrogens with one attached hydrogen (secondary N) is 2. The zero-order valence-corrected chi connectivity index (χ0v) is 11.0. The summed E-state index contributed by atoms with van der Waals surface area (Å²) in [5.41, 5.74) is 0.367. The first-order valence-electron chi connectivity index (χ1n) is 6.68. The molecule has 1 aliphatic carbocycles. The van der Waals surface area contributed by atoms with Crippen LogP contribution >= 0.6 is 0 Å². The number of benzene rings is 1. The summed E-state index contributed by atoms with van der Waals surface area (Å²) in [5, 5.41) is 6.41. The van der Waals surface area contributed by atoms with Crippen molar-refractivity contribution in [2.75, 3.05) is 13.1 Å². The Bertz CT molecular complexity index is 456.